The summed E-state index contributed by atoms with van der Waals surface area (Å²) >= 11 is 0. The van der Waals surface area contributed by atoms with Gasteiger partial charge in [-0.1, -0.05) is 19.3 Å². The molecule has 1 atom stereocenters. The maximum absolute atomic E-state index is 12.6. The zero-order chi connectivity index (χ0) is 18.4. The van der Waals surface area contributed by atoms with Gasteiger partial charge in [0.1, 0.15) is 5.25 Å². The Balaban J connectivity index is 1.99. The average molecular weight is 366 g/mol. The number of rotatable bonds is 6. The second kappa shape index (κ2) is 8.47. The first kappa shape index (κ1) is 19.4. The molecule has 1 aliphatic carbocycles. The van der Waals surface area contributed by atoms with E-state index >= 15 is 0 Å². The van der Waals surface area contributed by atoms with E-state index in [1.807, 2.05) is 0 Å². The van der Waals surface area contributed by atoms with Gasteiger partial charge >= 0.3 is 0 Å². The van der Waals surface area contributed by atoms with Crippen molar-refractivity contribution < 1.29 is 18.0 Å². The fourth-order valence-corrected chi connectivity index (χ4v) is 4.35. The molecular weight excluding hydrogens is 340 g/mol. The molecule has 0 heterocycles. The van der Waals surface area contributed by atoms with Crippen LogP contribution in [0.4, 0.5) is 5.69 Å². The molecule has 0 spiro atoms. The summed E-state index contributed by atoms with van der Waals surface area (Å²) in [5.74, 6) is -0.243. The molecule has 7 heteroatoms. The number of nitrogens with one attached hydrogen (secondary N) is 2. The largest absolute Gasteiger partial charge is 0.355 e. The lowest BCUT2D eigenvalue weighted by atomic mass is 9.89. The van der Waals surface area contributed by atoms with Gasteiger partial charge in [0.15, 0.2) is 9.84 Å². The van der Waals surface area contributed by atoms with Crippen LogP contribution in [0.2, 0.25) is 0 Å². The quantitative estimate of drug-likeness (QED) is 0.809. The van der Waals surface area contributed by atoms with Gasteiger partial charge in [-0.25, -0.2) is 8.42 Å². The van der Waals surface area contributed by atoms with E-state index in [-0.39, 0.29) is 10.8 Å². The molecule has 0 aliphatic heterocycles. The maximum atomic E-state index is 12.6. The highest BCUT2D eigenvalue weighted by Gasteiger charge is 2.30. The minimum atomic E-state index is -3.76. The Morgan fingerprint density at radius 1 is 1.12 bits per heavy atom. The van der Waals surface area contributed by atoms with Gasteiger partial charge in [0.2, 0.25) is 11.8 Å². The third-order valence-electron chi connectivity index (χ3n) is 4.63. The summed E-state index contributed by atoms with van der Waals surface area (Å²) in [7, 11) is -3.76. The molecule has 1 saturated carbocycles. The fraction of sp³-hybridized carbons (Fsp3) is 0.556. The van der Waals surface area contributed by atoms with Gasteiger partial charge in [-0.3, -0.25) is 9.59 Å². The third-order valence-corrected chi connectivity index (χ3v) is 6.70. The van der Waals surface area contributed by atoms with Crippen LogP contribution in [0.5, 0.6) is 0 Å². The van der Waals surface area contributed by atoms with E-state index in [2.05, 4.69) is 10.6 Å². The molecule has 2 amide bonds. The number of amides is 2. The third kappa shape index (κ3) is 5.29. The summed E-state index contributed by atoms with van der Waals surface area (Å²) in [5, 5.41) is 4.22. The van der Waals surface area contributed by atoms with Crippen LogP contribution >= 0.6 is 0 Å². The van der Waals surface area contributed by atoms with Gasteiger partial charge in [0.25, 0.3) is 0 Å². The van der Waals surface area contributed by atoms with Gasteiger partial charge in [0.05, 0.1) is 4.90 Å². The Labute approximate surface area is 149 Å². The lowest BCUT2D eigenvalue weighted by molar-refractivity contribution is -0.120. The Kier molecular flexibility index (Phi) is 6.58. The first-order valence-electron chi connectivity index (χ1n) is 8.70. The number of carbonyl (C=O) groups excluding carboxylic acids is 2. The molecule has 2 rings (SSSR count). The topological polar surface area (TPSA) is 92.3 Å². The Morgan fingerprint density at radius 2 is 1.72 bits per heavy atom. The first-order valence-corrected chi connectivity index (χ1v) is 10.2. The molecule has 1 fully saturated rings. The van der Waals surface area contributed by atoms with Crippen molar-refractivity contribution in [3.05, 3.63) is 24.3 Å². The minimum absolute atomic E-state index is 0.0712. The molecule has 0 bridgehead atoms. The van der Waals surface area contributed by atoms with Crippen LogP contribution in [0.25, 0.3) is 0 Å². The van der Waals surface area contributed by atoms with Crippen molar-refractivity contribution in [3.63, 3.8) is 0 Å². The second-order valence-electron chi connectivity index (χ2n) is 6.64. The van der Waals surface area contributed by atoms with Gasteiger partial charge < -0.3 is 10.6 Å². The summed E-state index contributed by atoms with van der Waals surface area (Å²) in [5.41, 5.74) is 0.515. The van der Waals surface area contributed by atoms with Gasteiger partial charge in [0, 0.05) is 19.2 Å². The molecule has 1 aliphatic rings. The average Bonchev–Trinajstić information content (AvgIpc) is 2.60. The van der Waals surface area contributed by atoms with Gasteiger partial charge in [-0.15, -0.1) is 0 Å². The highest BCUT2D eigenvalue weighted by atomic mass is 32.2. The van der Waals surface area contributed by atoms with Crippen molar-refractivity contribution in [2.24, 2.45) is 5.92 Å². The fourth-order valence-electron chi connectivity index (χ4n) is 3.06. The van der Waals surface area contributed by atoms with Crippen LogP contribution in [0.1, 0.15) is 46.0 Å². The van der Waals surface area contributed by atoms with E-state index in [0.717, 1.165) is 12.8 Å². The van der Waals surface area contributed by atoms with Crippen LogP contribution < -0.4 is 10.6 Å². The highest BCUT2D eigenvalue weighted by Crippen LogP contribution is 2.23. The lowest BCUT2D eigenvalue weighted by Crippen LogP contribution is -2.40. The Morgan fingerprint density at radius 3 is 2.28 bits per heavy atom. The molecule has 1 unspecified atom stereocenters. The van der Waals surface area contributed by atoms with E-state index in [1.165, 1.54) is 57.4 Å². The molecule has 0 saturated heterocycles. The van der Waals surface area contributed by atoms with Crippen molar-refractivity contribution in [3.8, 4) is 0 Å². The molecule has 0 radical (unpaired) electrons. The minimum Gasteiger partial charge on any atom is -0.355 e. The van der Waals surface area contributed by atoms with E-state index < -0.39 is 21.0 Å². The maximum Gasteiger partial charge on any atom is 0.238 e. The molecule has 1 aromatic carbocycles. The van der Waals surface area contributed by atoms with Crippen molar-refractivity contribution in [2.45, 2.75) is 56.1 Å². The predicted octanol–water partition coefficient (Wildman–Crippen LogP) is 2.50. The van der Waals surface area contributed by atoms with Crippen molar-refractivity contribution in [1.29, 1.82) is 0 Å². The smallest absolute Gasteiger partial charge is 0.238 e. The number of hydrogen-bond donors (Lipinski definition) is 2. The summed E-state index contributed by atoms with van der Waals surface area (Å²) in [6.07, 6.45) is 5.77. The van der Waals surface area contributed by atoms with Crippen LogP contribution in [0, 0.1) is 5.92 Å². The summed E-state index contributed by atoms with van der Waals surface area (Å²) < 4.78 is 25.2. The Bertz CT molecular complexity index is 707. The van der Waals surface area contributed by atoms with Crippen LogP contribution in [0.15, 0.2) is 29.2 Å². The van der Waals surface area contributed by atoms with Gasteiger partial charge in [-0.2, -0.15) is 0 Å². The zero-order valence-corrected chi connectivity index (χ0v) is 15.6. The lowest BCUT2D eigenvalue weighted by Gasteiger charge is -2.22. The number of carbonyl (C=O) groups is 2. The number of benzene rings is 1. The SMILES string of the molecule is CC(=O)Nc1ccc(S(=O)(=O)C(C)C(=O)NCC2CCCCC2)cc1. The van der Waals surface area contributed by atoms with Gasteiger partial charge in [-0.05, 0) is 49.9 Å². The monoisotopic (exact) mass is 366 g/mol. The Hall–Kier alpha value is -1.89. The van der Waals surface area contributed by atoms with Crippen molar-refractivity contribution in [2.75, 3.05) is 11.9 Å². The van der Waals surface area contributed by atoms with Crippen molar-refractivity contribution in [1.82, 2.24) is 5.32 Å². The van der Waals surface area contributed by atoms with E-state index in [0.29, 0.717) is 18.2 Å². The zero-order valence-electron chi connectivity index (χ0n) is 14.7. The molecule has 0 aromatic heterocycles. The molecule has 138 valence electrons. The highest BCUT2D eigenvalue weighted by molar-refractivity contribution is 7.92. The van der Waals surface area contributed by atoms with Crippen LogP contribution in [0.3, 0.4) is 0 Å². The standard InChI is InChI=1S/C18H26N2O4S/c1-13(18(22)19-12-15-6-4-3-5-7-15)25(23,24)17-10-8-16(9-11-17)20-14(2)21/h8-11,13,15H,3-7,12H2,1-2H3,(H,19,22)(H,20,21). The van der Waals surface area contributed by atoms with E-state index in [1.54, 1.807) is 0 Å². The molecule has 1 aromatic rings. The predicted molar refractivity (Wildman–Crippen MR) is 97.0 cm³/mol. The second-order valence-corrected chi connectivity index (χ2v) is 8.91. The van der Waals surface area contributed by atoms with E-state index in [9.17, 15) is 18.0 Å². The number of sulfone groups is 1. The van der Waals surface area contributed by atoms with Crippen LogP contribution in [-0.2, 0) is 19.4 Å². The molecule has 6 nitrogen and oxygen atoms in total. The molecule has 2 N–H and O–H groups in total. The molecular formula is C18H26N2O4S. The first-order chi connectivity index (χ1) is 11.8. The van der Waals surface area contributed by atoms with Crippen LogP contribution in [-0.4, -0.2) is 32.0 Å². The summed E-state index contributed by atoms with van der Waals surface area (Å²) in [4.78, 5) is 23.4. The summed E-state index contributed by atoms with van der Waals surface area (Å²) in [6, 6.07) is 5.85. The number of anilines is 1. The van der Waals surface area contributed by atoms with Crippen molar-refractivity contribution >= 4 is 27.3 Å². The number of hydrogen-bond acceptors (Lipinski definition) is 4. The van der Waals surface area contributed by atoms with E-state index in [4.69, 9.17) is 0 Å². The summed E-state index contributed by atoms with van der Waals surface area (Å²) in [6.45, 7) is 3.33. The normalized spacial score (nSPS) is 16.9. The molecule has 25 heavy (non-hydrogen) atoms.